The second-order valence-electron chi connectivity index (χ2n) is 2.98. The molecule has 3 nitrogen and oxygen atoms in total. The molecular weight excluding hydrogens is 192 g/mol. The molecule has 1 unspecified atom stereocenters. The van der Waals surface area contributed by atoms with E-state index in [2.05, 4.69) is 5.32 Å². The first-order valence-electron chi connectivity index (χ1n) is 4.05. The lowest BCUT2D eigenvalue weighted by molar-refractivity contribution is 0.140. The minimum Gasteiger partial charge on any atom is -0.439 e. The molecule has 1 aliphatic rings. The SMILES string of the molecule is O=C1NCC(c2cc(F)cc(F)c2)O1. The third-order valence-corrected chi connectivity index (χ3v) is 1.94. The summed E-state index contributed by atoms with van der Waals surface area (Å²) in [5.41, 5.74) is 0.320. The number of cyclic esters (lactones) is 1. The number of nitrogens with one attached hydrogen (secondary N) is 1. The van der Waals surface area contributed by atoms with Crippen molar-refractivity contribution in [1.82, 2.24) is 5.32 Å². The fourth-order valence-electron chi connectivity index (χ4n) is 1.34. The molecule has 14 heavy (non-hydrogen) atoms. The number of hydrogen-bond donors (Lipinski definition) is 1. The number of carbonyl (C=O) groups is 1. The van der Waals surface area contributed by atoms with Crippen molar-refractivity contribution in [3.63, 3.8) is 0 Å². The topological polar surface area (TPSA) is 38.3 Å². The van der Waals surface area contributed by atoms with Crippen LogP contribution in [0.4, 0.5) is 13.6 Å². The highest BCUT2D eigenvalue weighted by Crippen LogP contribution is 2.22. The van der Waals surface area contributed by atoms with Crippen LogP contribution in [0.15, 0.2) is 18.2 Å². The molecule has 5 heteroatoms. The minimum absolute atomic E-state index is 0.238. The van der Waals surface area contributed by atoms with Crippen molar-refractivity contribution in [3.05, 3.63) is 35.4 Å². The van der Waals surface area contributed by atoms with Gasteiger partial charge in [0.05, 0.1) is 6.54 Å². The maximum Gasteiger partial charge on any atom is 0.407 e. The first kappa shape index (κ1) is 8.93. The zero-order chi connectivity index (χ0) is 10.1. The Balaban J connectivity index is 2.27. The Bertz CT molecular complexity index is 361. The molecule has 74 valence electrons. The standard InChI is InChI=1S/C9H7F2NO2/c10-6-1-5(2-7(11)3-6)8-4-12-9(13)14-8/h1-3,8H,4H2,(H,12,13). The van der Waals surface area contributed by atoms with E-state index in [-0.39, 0.29) is 6.54 Å². The summed E-state index contributed by atoms with van der Waals surface area (Å²) >= 11 is 0. The van der Waals surface area contributed by atoms with E-state index >= 15 is 0 Å². The molecule has 1 aromatic carbocycles. The number of halogens is 2. The Hall–Kier alpha value is -1.65. The van der Waals surface area contributed by atoms with Gasteiger partial charge in [-0.2, -0.15) is 0 Å². The maximum atomic E-state index is 12.8. The number of amides is 1. The fraction of sp³-hybridized carbons (Fsp3) is 0.222. The van der Waals surface area contributed by atoms with Crippen molar-refractivity contribution >= 4 is 6.09 Å². The summed E-state index contributed by atoms with van der Waals surface area (Å²) in [6, 6.07) is 3.07. The lowest BCUT2D eigenvalue weighted by Gasteiger charge is -2.07. The Morgan fingerprint density at radius 3 is 2.43 bits per heavy atom. The van der Waals surface area contributed by atoms with Crippen molar-refractivity contribution in [2.75, 3.05) is 6.54 Å². The number of carbonyl (C=O) groups excluding carboxylic acids is 1. The summed E-state index contributed by atoms with van der Waals surface area (Å²) in [6.07, 6.45) is -1.17. The number of hydrogen-bond acceptors (Lipinski definition) is 2. The quantitative estimate of drug-likeness (QED) is 0.748. The van der Waals surface area contributed by atoms with Crippen LogP contribution < -0.4 is 5.32 Å². The van der Waals surface area contributed by atoms with Gasteiger partial charge < -0.3 is 10.1 Å². The van der Waals surface area contributed by atoms with Crippen molar-refractivity contribution in [2.24, 2.45) is 0 Å². The highest BCUT2D eigenvalue weighted by Gasteiger charge is 2.24. The molecule has 1 atom stereocenters. The van der Waals surface area contributed by atoms with Crippen LogP contribution in [-0.2, 0) is 4.74 Å². The van der Waals surface area contributed by atoms with E-state index in [0.717, 1.165) is 18.2 Å². The molecule has 1 N–H and O–H groups in total. The highest BCUT2D eigenvalue weighted by molar-refractivity contribution is 5.69. The molecule has 0 aliphatic carbocycles. The maximum absolute atomic E-state index is 12.8. The van der Waals surface area contributed by atoms with Gasteiger partial charge in [0.1, 0.15) is 17.7 Å². The molecule has 0 bridgehead atoms. The van der Waals surface area contributed by atoms with Gasteiger partial charge in [0.15, 0.2) is 0 Å². The molecule has 1 saturated heterocycles. The van der Waals surface area contributed by atoms with E-state index in [1.165, 1.54) is 0 Å². The summed E-state index contributed by atoms with van der Waals surface area (Å²) in [4.78, 5) is 10.7. The van der Waals surface area contributed by atoms with Gasteiger partial charge in [0.2, 0.25) is 0 Å². The van der Waals surface area contributed by atoms with Gasteiger partial charge in [0.25, 0.3) is 0 Å². The van der Waals surface area contributed by atoms with E-state index < -0.39 is 23.8 Å². The van der Waals surface area contributed by atoms with E-state index in [1.54, 1.807) is 0 Å². The summed E-state index contributed by atoms with van der Waals surface area (Å²) in [6.45, 7) is 0.238. The summed E-state index contributed by atoms with van der Waals surface area (Å²) in [5.74, 6) is -1.36. The molecule has 0 saturated carbocycles. The predicted octanol–water partition coefficient (Wildman–Crippen LogP) is 1.75. The molecule has 0 radical (unpaired) electrons. The van der Waals surface area contributed by atoms with Gasteiger partial charge in [-0.15, -0.1) is 0 Å². The van der Waals surface area contributed by atoms with Crippen molar-refractivity contribution in [2.45, 2.75) is 6.10 Å². The third kappa shape index (κ3) is 1.66. The number of rotatable bonds is 1. The number of alkyl carbamates (subject to hydrolysis) is 1. The Morgan fingerprint density at radius 2 is 1.93 bits per heavy atom. The molecular formula is C9H7F2NO2. The van der Waals surface area contributed by atoms with Crippen molar-refractivity contribution in [1.29, 1.82) is 0 Å². The molecule has 1 heterocycles. The van der Waals surface area contributed by atoms with Gasteiger partial charge in [0, 0.05) is 11.6 Å². The molecule has 1 aliphatic heterocycles. The van der Waals surface area contributed by atoms with E-state index in [9.17, 15) is 13.6 Å². The fourth-order valence-corrected chi connectivity index (χ4v) is 1.34. The molecule has 1 aromatic rings. The first-order valence-corrected chi connectivity index (χ1v) is 4.05. The van der Waals surface area contributed by atoms with Crippen LogP contribution in [-0.4, -0.2) is 12.6 Å². The van der Waals surface area contributed by atoms with Crippen LogP contribution in [0, 0.1) is 11.6 Å². The van der Waals surface area contributed by atoms with Gasteiger partial charge in [-0.05, 0) is 12.1 Å². The smallest absolute Gasteiger partial charge is 0.407 e. The molecule has 0 spiro atoms. The molecule has 1 fully saturated rings. The van der Waals surface area contributed by atoms with Crippen LogP contribution in [0.3, 0.4) is 0 Å². The van der Waals surface area contributed by atoms with Crippen LogP contribution in [0.1, 0.15) is 11.7 Å². The lowest BCUT2D eigenvalue weighted by Crippen LogP contribution is -2.12. The molecule has 2 rings (SSSR count). The Kier molecular flexibility index (Phi) is 2.07. The summed E-state index contributed by atoms with van der Waals surface area (Å²) in [5, 5.41) is 2.40. The zero-order valence-corrected chi connectivity index (χ0v) is 7.09. The van der Waals surface area contributed by atoms with Crippen molar-refractivity contribution < 1.29 is 18.3 Å². The summed E-state index contributed by atoms with van der Waals surface area (Å²) < 4.78 is 30.3. The summed E-state index contributed by atoms with van der Waals surface area (Å²) in [7, 11) is 0. The third-order valence-electron chi connectivity index (χ3n) is 1.94. The highest BCUT2D eigenvalue weighted by atomic mass is 19.1. The zero-order valence-electron chi connectivity index (χ0n) is 7.09. The van der Waals surface area contributed by atoms with E-state index in [1.807, 2.05) is 0 Å². The molecule has 1 amide bonds. The Labute approximate surface area is 78.7 Å². The molecule has 0 aromatic heterocycles. The monoisotopic (exact) mass is 199 g/mol. The second-order valence-corrected chi connectivity index (χ2v) is 2.98. The lowest BCUT2D eigenvalue weighted by atomic mass is 10.1. The average Bonchev–Trinajstić information content (AvgIpc) is 2.50. The van der Waals surface area contributed by atoms with Crippen LogP contribution in [0.5, 0.6) is 0 Å². The van der Waals surface area contributed by atoms with E-state index in [4.69, 9.17) is 4.74 Å². The number of benzene rings is 1. The van der Waals surface area contributed by atoms with Crippen LogP contribution in [0.2, 0.25) is 0 Å². The predicted molar refractivity (Wildman–Crippen MR) is 43.6 cm³/mol. The van der Waals surface area contributed by atoms with Gasteiger partial charge in [-0.25, -0.2) is 13.6 Å². The van der Waals surface area contributed by atoms with Gasteiger partial charge in [-0.1, -0.05) is 0 Å². The van der Waals surface area contributed by atoms with Crippen molar-refractivity contribution in [3.8, 4) is 0 Å². The number of ether oxygens (including phenoxy) is 1. The van der Waals surface area contributed by atoms with Gasteiger partial charge >= 0.3 is 6.09 Å². The van der Waals surface area contributed by atoms with E-state index in [0.29, 0.717) is 5.56 Å². The van der Waals surface area contributed by atoms with Crippen LogP contribution in [0.25, 0.3) is 0 Å². The second kappa shape index (κ2) is 3.25. The van der Waals surface area contributed by atoms with Gasteiger partial charge in [-0.3, -0.25) is 0 Å². The average molecular weight is 199 g/mol. The largest absolute Gasteiger partial charge is 0.439 e. The Morgan fingerprint density at radius 1 is 1.29 bits per heavy atom. The minimum atomic E-state index is -0.678. The first-order chi connectivity index (χ1) is 6.65. The normalized spacial score (nSPS) is 20.4. The van der Waals surface area contributed by atoms with Crippen LogP contribution >= 0.6 is 0 Å².